The van der Waals surface area contributed by atoms with Crippen LogP contribution in [0.15, 0.2) is 18.2 Å². The lowest BCUT2D eigenvalue weighted by atomic mass is 10.2. The lowest BCUT2D eigenvalue weighted by molar-refractivity contribution is -0.384. The van der Waals surface area contributed by atoms with E-state index in [0.717, 1.165) is 24.3 Å². The Bertz CT molecular complexity index is 424. The van der Waals surface area contributed by atoms with Gasteiger partial charge in [-0.05, 0) is 26.3 Å². The maximum Gasteiger partial charge on any atom is 0.273 e. The number of nitro groups is 1. The summed E-state index contributed by atoms with van der Waals surface area (Å²) in [4.78, 5) is 10.5. The second kappa shape index (κ2) is 7.58. The molecule has 0 heterocycles. The number of methoxy groups -OCH3 is 1. The summed E-state index contributed by atoms with van der Waals surface area (Å²) in [5.41, 5.74) is 1.58. The number of anilines is 2. The molecule has 6 nitrogen and oxygen atoms in total. The van der Waals surface area contributed by atoms with Crippen LogP contribution in [0, 0.1) is 10.1 Å². The van der Waals surface area contributed by atoms with Crippen molar-refractivity contribution in [1.29, 1.82) is 0 Å². The molecule has 0 aliphatic rings. The van der Waals surface area contributed by atoms with Crippen LogP contribution in [-0.4, -0.2) is 31.2 Å². The van der Waals surface area contributed by atoms with E-state index in [2.05, 4.69) is 10.6 Å². The molecule has 6 heteroatoms. The Labute approximate surface area is 113 Å². The molecule has 1 aromatic carbocycles. The van der Waals surface area contributed by atoms with Crippen LogP contribution < -0.4 is 10.6 Å². The maximum absolute atomic E-state index is 10.9. The summed E-state index contributed by atoms with van der Waals surface area (Å²) in [5.74, 6) is 0. The molecular weight excluding hydrogens is 246 g/mol. The maximum atomic E-state index is 10.9. The molecule has 0 bridgehead atoms. The topological polar surface area (TPSA) is 76.4 Å². The SMILES string of the molecule is CCNc1cc(NC(C)CCOC)cc([N+](=O)[O-])c1. The molecule has 2 N–H and O–H groups in total. The first-order chi connectivity index (χ1) is 9.06. The van der Waals surface area contributed by atoms with Gasteiger partial charge < -0.3 is 15.4 Å². The van der Waals surface area contributed by atoms with Gasteiger partial charge in [-0.15, -0.1) is 0 Å². The fraction of sp³-hybridized carbons (Fsp3) is 0.538. The van der Waals surface area contributed by atoms with Gasteiger partial charge in [-0.2, -0.15) is 0 Å². The molecular formula is C13H21N3O3. The predicted octanol–water partition coefficient (Wildman–Crippen LogP) is 2.86. The molecule has 1 unspecified atom stereocenters. The minimum Gasteiger partial charge on any atom is -0.385 e. The van der Waals surface area contributed by atoms with Crippen molar-refractivity contribution in [3.8, 4) is 0 Å². The van der Waals surface area contributed by atoms with Gasteiger partial charge in [0.15, 0.2) is 0 Å². The van der Waals surface area contributed by atoms with E-state index < -0.39 is 0 Å². The van der Waals surface area contributed by atoms with Gasteiger partial charge in [0.1, 0.15) is 0 Å². The molecule has 1 aromatic rings. The molecule has 19 heavy (non-hydrogen) atoms. The Morgan fingerprint density at radius 3 is 2.63 bits per heavy atom. The monoisotopic (exact) mass is 267 g/mol. The highest BCUT2D eigenvalue weighted by Gasteiger charge is 2.11. The Hall–Kier alpha value is -1.82. The summed E-state index contributed by atoms with van der Waals surface area (Å²) in [6, 6.07) is 5.15. The van der Waals surface area contributed by atoms with Gasteiger partial charge in [0.2, 0.25) is 0 Å². The van der Waals surface area contributed by atoms with E-state index in [1.54, 1.807) is 13.2 Å². The molecule has 0 aliphatic heterocycles. The number of hydrogen-bond donors (Lipinski definition) is 2. The van der Waals surface area contributed by atoms with Gasteiger partial charge in [-0.3, -0.25) is 10.1 Å². The van der Waals surface area contributed by atoms with Crippen molar-refractivity contribution < 1.29 is 9.66 Å². The molecule has 0 fully saturated rings. The van der Waals surface area contributed by atoms with E-state index in [-0.39, 0.29) is 16.7 Å². The standard InChI is InChI=1S/C13H21N3O3/c1-4-14-11-7-12(9-13(8-11)16(17)18)15-10(2)5-6-19-3/h7-10,14-15H,4-6H2,1-3H3. The lowest BCUT2D eigenvalue weighted by Crippen LogP contribution is -2.17. The second-order valence-electron chi connectivity index (χ2n) is 4.38. The first-order valence-electron chi connectivity index (χ1n) is 6.35. The average Bonchev–Trinajstić information content (AvgIpc) is 2.36. The van der Waals surface area contributed by atoms with E-state index in [1.165, 1.54) is 6.07 Å². The van der Waals surface area contributed by atoms with Gasteiger partial charge in [-0.25, -0.2) is 0 Å². The fourth-order valence-corrected chi connectivity index (χ4v) is 1.76. The minimum absolute atomic E-state index is 0.0832. The molecule has 0 radical (unpaired) electrons. The van der Waals surface area contributed by atoms with E-state index >= 15 is 0 Å². The minimum atomic E-state index is -0.383. The van der Waals surface area contributed by atoms with Gasteiger partial charge in [0.05, 0.1) is 4.92 Å². The highest BCUT2D eigenvalue weighted by molar-refractivity contribution is 5.63. The molecule has 0 aromatic heterocycles. The van der Waals surface area contributed by atoms with Crippen LogP contribution in [0.5, 0.6) is 0 Å². The lowest BCUT2D eigenvalue weighted by Gasteiger charge is -2.15. The van der Waals surface area contributed by atoms with Crippen molar-refractivity contribution in [2.75, 3.05) is 30.9 Å². The van der Waals surface area contributed by atoms with Crippen LogP contribution in [0.4, 0.5) is 17.1 Å². The molecule has 0 saturated heterocycles. The second-order valence-corrected chi connectivity index (χ2v) is 4.38. The number of nitro benzene ring substituents is 1. The van der Waals surface area contributed by atoms with Crippen LogP contribution in [0.3, 0.4) is 0 Å². The Morgan fingerprint density at radius 1 is 1.37 bits per heavy atom. The van der Waals surface area contributed by atoms with Gasteiger partial charge in [0, 0.05) is 49.8 Å². The normalized spacial score (nSPS) is 11.9. The van der Waals surface area contributed by atoms with Crippen molar-refractivity contribution in [1.82, 2.24) is 0 Å². The van der Waals surface area contributed by atoms with Crippen LogP contribution in [0.25, 0.3) is 0 Å². The van der Waals surface area contributed by atoms with Crippen LogP contribution in [0.1, 0.15) is 20.3 Å². The third-order valence-electron chi connectivity index (χ3n) is 2.68. The number of nitrogens with zero attached hydrogens (tertiary/aromatic N) is 1. The number of ether oxygens (including phenoxy) is 1. The zero-order valence-electron chi connectivity index (χ0n) is 11.6. The van der Waals surface area contributed by atoms with Gasteiger partial charge in [-0.1, -0.05) is 0 Å². The molecule has 1 rings (SSSR count). The van der Waals surface area contributed by atoms with Crippen molar-refractivity contribution >= 4 is 17.1 Å². The van der Waals surface area contributed by atoms with E-state index in [0.29, 0.717) is 6.61 Å². The third kappa shape index (κ3) is 5.13. The molecule has 0 amide bonds. The number of hydrogen-bond acceptors (Lipinski definition) is 5. The van der Waals surface area contributed by atoms with Crippen molar-refractivity contribution in [2.45, 2.75) is 26.3 Å². The summed E-state index contributed by atoms with van der Waals surface area (Å²) in [7, 11) is 1.66. The Balaban J connectivity index is 2.83. The first kappa shape index (κ1) is 15.2. The number of non-ortho nitro benzene ring substituents is 1. The van der Waals surface area contributed by atoms with E-state index in [1.807, 2.05) is 19.9 Å². The summed E-state index contributed by atoms with van der Waals surface area (Å²) >= 11 is 0. The highest BCUT2D eigenvalue weighted by Crippen LogP contribution is 2.25. The van der Waals surface area contributed by atoms with Crippen LogP contribution in [-0.2, 0) is 4.74 Å². The van der Waals surface area contributed by atoms with Crippen molar-refractivity contribution in [3.05, 3.63) is 28.3 Å². The zero-order chi connectivity index (χ0) is 14.3. The Kier molecular flexibility index (Phi) is 6.08. The highest BCUT2D eigenvalue weighted by atomic mass is 16.6. The molecule has 106 valence electrons. The Morgan fingerprint density at radius 2 is 2.05 bits per heavy atom. The molecule has 0 spiro atoms. The molecule has 0 saturated carbocycles. The van der Waals surface area contributed by atoms with Crippen molar-refractivity contribution in [2.24, 2.45) is 0 Å². The third-order valence-corrected chi connectivity index (χ3v) is 2.68. The first-order valence-corrected chi connectivity index (χ1v) is 6.35. The smallest absolute Gasteiger partial charge is 0.273 e. The number of benzene rings is 1. The summed E-state index contributed by atoms with van der Waals surface area (Å²) < 4.78 is 5.01. The van der Waals surface area contributed by atoms with Gasteiger partial charge >= 0.3 is 0 Å². The number of rotatable bonds is 8. The zero-order valence-corrected chi connectivity index (χ0v) is 11.6. The van der Waals surface area contributed by atoms with Gasteiger partial charge in [0.25, 0.3) is 5.69 Å². The van der Waals surface area contributed by atoms with Crippen LogP contribution in [0.2, 0.25) is 0 Å². The molecule has 0 aliphatic carbocycles. The largest absolute Gasteiger partial charge is 0.385 e. The summed E-state index contributed by atoms with van der Waals surface area (Å²) in [6.45, 7) is 5.35. The fourth-order valence-electron chi connectivity index (χ4n) is 1.76. The van der Waals surface area contributed by atoms with Crippen LogP contribution >= 0.6 is 0 Å². The quantitative estimate of drug-likeness (QED) is 0.559. The average molecular weight is 267 g/mol. The predicted molar refractivity (Wildman–Crippen MR) is 76.8 cm³/mol. The van der Waals surface area contributed by atoms with E-state index in [9.17, 15) is 10.1 Å². The summed E-state index contributed by atoms with van der Waals surface area (Å²) in [6.07, 6.45) is 0.843. The molecule has 1 atom stereocenters. The van der Waals surface area contributed by atoms with Crippen molar-refractivity contribution in [3.63, 3.8) is 0 Å². The summed E-state index contributed by atoms with van der Waals surface area (Å²) in [5, 5.41) is 17.2. The van der Waals surface area contributed by atoms with E-state index in [4.69, 9.17) is 4.74 Å². The number of nitrogens with one attached hydrogen (secondary N) is 2.